The Balaban J connectivity index is 1.66. The van der Waals surface area contributed by atoms with Crippen LogP contribution in [-0.4, -0.2) is 25.4 Å². The van der Waals surface area contributed by atoms with E-state index in [0.29, 0.717) is 30.3 Å². The van der Waals surface area contributed by atoms with Crippen LogP contribution in [0.25, 0.3) is 0 Å². The van der Waals surface area contributed by atoms with E-state index in [4.69, 9.17) is 16.3 Å². The standard InChI is InChI=1S/C17H19ClN2O2S/c1-23-14-7-4-6-13(12-14)20-17(21)19-10-5-11-22-16-9-3-2-8-15(16)18/h2-4,6-9,12H,5,10-11H2,1H3,(H2,19,20,21). The molecule has 23 heavy (non-hydrogen) atoms. The molecular formula is C17H19ClN2O2S. The Morgan fingerprint density at radius 2 is 2.04 bits per heavy atom. The fourth-order valence-corrected chi connectivity index (χ4v) is 2.54. The molecule has 2 aromatic carbocycles. The van der Waals surface area contributed by atoms with Crippen molar-refractivity contribution in [2.75, 3.05) is 24.7 Å². The van der Waals surface area contributed by atoms with Gasteiger partial charge in [-0.05, 0) is 43.0 Å². The number of para-hydroxylation sites is 1. The van der Waals surface area contributed by atoms with Crippen LogP contribution in [0.3, 0.4) is 0 Å². The van der Waals surface area contributed by atoms with Gasteiger partial charge in [0.15, 0.2) is 0 Å². The summed E-state index contributed by atoms with van der Waals surface area (Å²) in [6.07, 6.45) is 2.70. The summed E-state index contributed by atoms with van der Waals surface area (Å²) >= 11 is 7.63. The first-order valence-electron chi connectivity index (χ1n) is 7.25. The maximum Gasteiger partial charge on any atom is 0.319 e. The lowest BCUT2D eigenvalue weighted by molar-refractivity contribution is 0.250. The van der Waals surface area contributed by atoms with Crippen LogP contribution in [0.4, 0.5) is 10.5 Å². The smallest absolute Gasteiger partial charge is 0.319 e. The first-order valence-corrected chi connectivity index (χ1v) is 8.85. The van der Waals surface area contributed by atoms with Crippen molar-refractivity contribution in [3.63, 3.8) is 0 Å². The summed E-state index contributed by atoms with van der Waals surface area (Å²) in [5, 5.41) is 6.20. The minimum atomic E-state index is -0.221. The Labute approximate surface area is 145 Å². The highest BCUT2D eigenvalue weighted by Crippen LogP contribution is 2.23. The minimum absolute atomic E-state index is 0.221. The Morgan fingerprint density at radius 3 is 2.83 bits per heavy atom. The van der Waals surface area contributed by atoms with Crippen molar-refractivity contribution < 1.29 is 9.53 Å². The topological polar surface area (TPSA) is 50.4 Å². The summed E-state index contributed by atoms with van der Waals surface area (Å²) in [4.78, 5) is 12.9. The van der Waals surface area contributed by atoms with E-state index in [1.165, 1.54) is 0 Å². The van der Waals surface area contributed by atoms with E-state index in [1.54, 1.807) is 17.8 Å². The summed E-state index contributed by atoms with van der Waals surface area (Å²) in [5.41, 5.74) is 0.779. The van der Waals surface area contributed by atoms with Crippen LogP contribution in [-0.2, 0) is 0 Å². The van der Waals surface area contributed by atoms with Gasteiger partial charge in [-0.1, -0.05) is 29.8 Å². The third-order valence-electron chi connectivity index (χ3n) is 3.03. The number of thioether (sulfide) groups is 1. The summed E-state index contributed by atoms with van der Waals surface area (Å²) in [5.74, 6) is 0.660. The summed E-state index contributed by atoms with van der Waals surface area (Å²) in [6, 6.07) is 14.8. The first-order chi connectivity index (χ1) is 11.2. The van der Waals surface area contributed by atoms with E-state index in [9.17, 15) is 4.79 Å². The fourth-order valence-electron chi connectivity index (χ4n) is 1.89. The molecular weight excluding hydrogens is 332 g/mol. The van der Waals surface area contributed by atoms with E-state index >= 15 is 0 Å². The third kappa shape index (κ3) is 6.04. The molecule has 0 atom stereocenters. The Kier molecular flexibility index (Phi) is 7.10. The van der Waals surface area contributed by atoms with Crippen molar-refractivity contribution in [1.82, 2.24) is 5.32 Å². The number of rotatable bonds is 7. The zero-order chi connectivity index (χ0) is 16.5. The Bertz CT molecular complexity index is 652. The molecule has 0 heterocycles. The molecule has 0 unspecified atom stereocenters. The van der Waals surface area contributed by atoms with Crippen LogP contribution in [0.1, 0.15) is 6.42 Å². The van der Waals surface area contributed by atoms with Crippen LogP contribution >= 0.6 is 23.4 Å². The zero-order valence-electron chi connectivity index (χ0n) is 12.8. The number of amides is 2. The van der Waals surface area contributed by atoms with Crippen molar-refractivity contribution in [1.29, 1.82) is 0 Å². The number of carbonyl (C=O) groups is 1. The molecule has 0 aliphatic rings. The number of carbonyl (C=O) groups excluding carboxylic acids is 1. The van der Waals surface area contributed by atoms with Crippen LogP contribution in [0, 0.1) is 0 Å². The predicted octanol–water partition coefficient (Wildman–Crippen LogP) is 4.65. The van der Waals surface area contributed by atoms with Gasteiger partial charge in [0.2, 0.25) is 0 Å². The molecule has 0 saturated heterocycles. The van der Waals surface area contributed by atoms with Gasteiger partial charge in [-0.3, -0.25) is 0 Å². The maximum absolute atomic E-state index is 11.8. The molecule has 2 amide bonds. The molecule has 0 aromatic heterocycles. The van der Waals surface area contributed by atoms with Crippen LogP contribution in [0.15, 0.2) is 53.4 Å². The second-order valence-electron chi connectivity index (χ2n) is 4.75. The lowest BCUT2D eigenvalue weighted by Crippen LogP contribution is -2.30. The molecule has 2 rings (SSSR count). The molecule has 2 aromatic rings. The third-order valence-corrected chi connectivity index (χ3v) is 4.07. The number of nitrogens with one attached hydrogen (secondary N) is 2. The molecule has 0 aliphatic carbocycles. The first kappa shape index (κ1) is 17.5. The average Bonchev–Trinajstić information content (AvgIpc) is 2.56. The second kappa shape index (κ2) is 9.33. The number of ether oxygens (including phenoxy) is 1. The van der Waals surface area contributed by atoms with Gasteiger partial charge in [-0.2, -0.15) is 0 Å². The highest BCUT2D eigenvalue weighted by molar-refractivity contribution is 7.98. The van der Waals surface area contributed by atoms with Gasteiger partial charge < -0.3 is 15.4 Å². The minimum Gasteiger partial charge on any atom is -0.492 e. The van der Waals surface area contributed by atoms with Crippen molar-refractivity contribution in [3.05, 3.63) is 53.6 Å². The monoisotopic (exact) mass is 350 g/mol. The molecule has 2 N–H and O–H groups in total. The van der Waals surface area contributed by atoms with Gasteiger partial charge in [0, 0.05) is 17.1 Å². The van der Waals surface area contributed by atoms with Gasteiger partial charge in [0.25, 0.3) is 0 Å². The highest BCUT2D eigenvalue weighted by atomic mass is 35.5. The second-order valence-corrected chi connectivity index (χ2v) is 6.03. The van der Waals surface area contributed by atoms with Crippen molar-refractivity contribution in [3.8, 4) is 5.75 Å². The van der Waals surface area contributed by atoms with E-state index in [1.807, 2.05) is 48.7 Å². The fraction of sp³-hybridized carbons (Fsp3) is 0.235. The molecule has 0 saturated carbocycles. The Hall–Kier alpha value is -1.85. The van der Waals surface area contributed by atoms with E-state index in [0.717, 1.165) is 10.6 Å². The molecule has 0 aliphatic heterocycles. The van der Waals surface area contributed by atoms with Gasteiger partial charge >= 0.3 is 6.03 Å². The van der Waals surface area contributed by atoms with E-state index < -0.39 is 0 Å². The molecule has 0 bridgehead atoms. The number of hydrogen-bond donors (Lipinski definition) is 2. The quantitative estimate of drug-likeness (QED) is 0.564. The average molecular weight is 351 g/mol. The van der Waals surface area contributed by atoms with Crippen molar-refractivity contribution >= 4 is 35.1 Å². The van der Waals surface area contributed by atoms with Crippen LogP contribution in [0.5, 0.6) is 5.75 Å². The highest BCUT2D eigenvalue weighted by Gasteiger charge is 2.03. The SMILES string of the molecule is CSc1cccc(NC(=O)NCCCOc2ccccc2Cl)c1. The largest absolute Gasteiger partial charge is 0.492 e. The number of benzene rings is 2. The van der Waals surface area contributed by atoms with Crippen molar-refractivity contribution in [2.45, 2.75) is 11.3 Å². The number of urea groups is 1. The molecule has 122 valence electrons. The molecule has 6 heteroatoms. The van der Waals surface area contributed by atoms with Crippen LogP contribution < -0.4 is 15.4 Å². The number of anilines is 1. The van der Waals surface area contributed by atoms with Crippen LogP contribution in [0.2, 0.25) is 5.02 Å². The van der Waals surface area contributed by atoms with Gasteiger partial charge in [0.1, 0.15) is 5.75 Å². The zero-order valence-corrected chi connectivity index (χ0v) is 14.4. The summed E-state index contributed by atoms with van der Waals surface area (Å²) in [7, 11) is 0. The predicted molar refractivity (Wildman–Crippen MR) is 96.8 cm³/mol. The van der Waals surface area contributed by atoms with E-state index in [2.05, 4.69) is 10.6 Å². The van der Waals surface area contributed by atoms with E-state index in [-0.39, 0.29) is 6.03 Å². The lowest BCUT2D eigenvalue weighted by atomic mass is 10.3. The van der Waals surface area contributed by atoms with Gasteiger partial charge in [0.05, 0.1) is 11.6 Å². The number of hydrogen-bond acceptors (Lipinski definition) is 3. The summed E-state index contributed by atoms with van der Waals surface area (Å²) in [6.45, 7) is 1.02. The number of halogens is 1. The molecule has 0 radical (unpaired) electrons. The molecule has 0 fully saturated rings. The van der Waals surface area contributed by atoms with Gasteiger partial charge in [-0.15, -0.1) is 11.8 Å². The maximum atomic E-state index is 11.8. The van der Waals surface area contributed by atoms with Crippen molar-refractivity contribution in [2.24, 2.45) is 0 Å². The Morgan fingerprint density at radius 1 is 1.22 bits per heavy atom. The summed E-state index contributed by atoms with van der Waals surface area (Å²) < 4.78 is 5.56. The molecule has 4 nitrogen and oxygen atoms in total. The normalized spacial score (nSPS) is 10.2. The molecule has 0 spiro atoms. The van der Waals surface area contributed by atoms with Gasteiger partial charge in [-0.25, -0.2) is 4.79 Å². The lowest BCUT2D eigenvalue weighted by Gasteiger charge is -2.10.